The van der Waals surface area contributed by atoms with Gasteiger partial charge in [0, 0.05) is 17.0 Å². The highest BCUT2D eigenvalue weighted by molar-refractivity contribution is 7.91. The van der Waals surface area contributed by atoms with Gasteiger partial charge in [0.1, 0.15) is 5.75 Å². The first-order chi connectivity index (χ1) is 17.6. The minimum Gasteiger partial charge on any atom is -0.494 e. The Balaban J connectivity index is 0.000000898. The first kappa shape index (κ1) is 30.6. The van der Waals surface area contributed by atoms with Gasteiger partial charge in [-0.3, -0.25) is 4.79 Å². The van der Waals surface area contributed by atoms with Crippen molar-refractivity contribution in [3.8, 4) is 16.2 Å². The van der Waals surface area contributed by atoms with E-state index in [0.29, 0.717) is 34.1 Å². The second kappa shape index (κ2) is 13.8. The highest BCUT2D eigenvalue weighted by Gasteiger charge is 2.31. The third kappa shape index (κ3) is 7.45. The molecule has 0 fully saturated rings. The Bertz CT molecular complexity index is 1310. The maximum atomic E-state index is 12.9. The van der Waals surface area contributed by atoms with Gasteiger partial charge in [-0.05, 0) is 66.3 Å². The van der Waals surface area contributed by atoms with Crippen LogP contribution in [0, 0.1) is 6.92 Å². The van der Waals surface area contributed by atoms with Gasteiger partial charge in [0.05, 0.1) is 22.1 Å². The van der Waals surface area contributed by atoms with Crippen molar-refractivity contribution in [2.75, 3.05) is 6.61 Å². The van der Waals surface area contributed by atoms with E-state index >= 15 is 0 Å². The Kier molecular flexibility index (Phi) is 11.4. The molecule has 1 aromatic heterocycles. The Morgan fingerprint density at radius 3 is 2.35 bits per heavy atom. The maximum absolute atomic E-state index is 12.9. The van der Waals surface area contributed by atoms with Crippen LogP contribution in [-0.2, 0) is 22.1 Å². The number of thiophene rings is 1. The van der Waals surface area contributed by atoms with Crippen LogP contribution in [0.4, 0.5) is 0 Å². The van der Waals surface area contributed by atoms with Crippen molar-refractivity contribution in [3.05, 3.63) is 69.6 Å². The number of rotatable bonds is 6. The topological polar surface area (TPSA) is 72.5 Å². The standard InChI is InChI=1S/C25H27NO4S2.C3H8.C2H6/c1-5-30-21-10-17(7-6-16(21)4)13-26-25(27)22-12-19-14-32(28,29)23-9-8-18(15(2)3)11-20(23)24(19)31-22;1-3-2;1-2/h6-12,15H,5,13-14H2,1-4H3,(H,26,27);3H2,1-2H3;1-2H3. The van der Waals surface area contributed by atoms with Gasteiger partial charge in [-0.25, -0.2) is 8.42 Å². The predicted octanol–water partition coefficient (Wildman–Crippen LogP) is 7.91. The van der Waals surface area contributed by atoms with Crippen LogP contribution in [0.15, 0.2) is 47.4 Å². The molecule has 1 aliphatic heterocycles. The summed E-state index contributed by atoms with van der Waals surface area (Å²) in [5.74, 6) is 0.818. The maximum Gasteiger partial charge on any atom is 0.261 e. The normalized spacial score (nSPS) is 12.8. The van der Waals surface area contributed by atoms with Crippen molar-refractivity contribution in [1.82, 2.24) is 5.32 Å². The van der Waals surface area contributed by atoms with E-state index in [0.717, 1.165) is 27.3 Å². The molecule has 0 spiro atoms. The van der Waals surface area contributed by atoms with Crippen LogP contribution in [-0.4, -0.2) is 20.9 Å². The van der Waals surface area contributed by atoms with E-state index in [-0.39, 0.29) is 17.6 Å². The van der Waals surface area contributed by atoms with E-state index in [1.165, 1.54) is 17.8 Å². The largest absolute Gasteiger partial charge is 0.494 e. The lowest BCUT2D eigenvalue weighted by atomic mass is 9.99. The Morgan fingerprint density at radius 1 is 1.05 bits per heavy atom. The third-order valence-corrected chi connectivity index (χ3v) is 8.56. The lowest BCUT2D eigenvalue weighted by Gasteiger charge is -2.18. The van der Waals surface area contributed by atoms with Crippen LogP contribution >= 0.6 is 11.3 Å². The van der Waals surface area contributed by atoms with Gasteiger partial charge < -0.3 is 10.1 Å². The molecule has 1 amide bonds. The molecule has 0 unspecified atom stereocenters. The Hall–Kier alpha value is -2.64. The zero-order valence-electron chi connectivity index (χ0n) is 23.4. The summed E-state index contributed by atoms with van der Waals surface area (Å²) < 4.78 is 31.3. The molecule has 1 N–H and O–H groups in total. The lowest BCUT2D eigenvalue weighted by Crippen LogP contribution is -2.21. The molecule has 3 aromatic rings. The molecule has 1 aliphatic rings. The van der Waals surface area contributed by atoms with E-state index in [9.17, 15) is 13.2 Å². The molecule has 5 nitrogen and oxygen atoms in total. The summed E-state index contributed by atoms with van der Waals surface area (Å²) in [6.45, 7) is 17.3. The van der Waals surface area contributed by atoms with E-state index in [4.69, 9.17) is 4.74 Å². The summed E-state index contributed by atoms with van der Waals surface area (Å²) in [6, 6.07) is 13.1. The van der Waals surface area contributed by atoms with Crippen LogP contribution in [0.1, 0.15) is 92.7 Å². The van der Waals surface area contributed by atoms with Crippen LogP contribution in [0.25, 0.3) is 10.4 Å². The molecule has 2 aromatic carbocycles. The molecule has 0 bridgehead atoms. The van der Waals surface area contributed by atoms with Crippen molar-refractivity contribution in [3.63, 3.8) is 0 Å². The molecule has 202 valence electrons. The number of hydrogen-bond donors (Lipinski definition) is 1. The summed E-state index contributed by atoms with van der Waals surface area (Å²) in [4.78, 5) is 14.6. The number of hydrogen-bond acceptors (Lipinski definition) is 5. The molecule has 0 aliphatic carbocycles. The van der Waals surface area contributed by atoms with Crippen LogP contribution in [0.2, 0.25) is 0 Å². The van der Waals surface area contributed by atoms with Crippen molar-refractivity contribution in [1.29, 1.82) is 0 Å². The van der Waals surface area contributed by atoms with Crippen LogP contribution < -0.4 is 10.1 Å². The zero-order chi connectivity index (χ0) is 27.8. The fourth-order valence-corrected chi connectivity index (χ4v) is 6.70. The van der Waals surface area contributed by atoms with Gasteiger partial charge in [-0.15, -0.1) is 11.3 Å². The van der Waals surface area contributed by atoms with Gasteiger partial charge in [-0.2, -0.15) is 0 Å². The molecule has 4 rings (SSSR count). The fraction of sp³-hybridized carbons (Fsp3) is 0.433. The number of carbonyl (C=O) groups excluding carboxylic acids is 1. The van der Waals surface area contributed by atoms with Gasteiger partial charge in [0.25, 0.3) is 5.91 Å². The second-order valence-corrected chi connectivity index (χ2v) is 12.1. The van der Waals surface area contributed by atoms with Crippen molar-refractivity contribution in [2.24, 2.45) is 0 Å². The first-order valence-corrected chi connectivity index (χ1v) is 15.6. The number of benzene rings is 2. The van der Waals surface area contributed by atoms with Gasteiger partial charge >= 0.3 is 0 Å². The molecule has 37 heavy (non-hydrogen) atoms. The molecule has 0 saturated carbocycles. The summed E-state index contributed by atoms with van der Waals surface area (Å²) in [6.07, 6.45) is 1.25. The number of aryl methyl sites for hydroxylation is 1. The van der Waals surface area contributed by atoms with Crippen molar-refractivity contribution in [2.45, 2.75) is 84.9 Å². The summed E-state index contributed by atoms with van der Waals surface area (Å²) >= 11 is 1.35. The minimum atomic E-state index is -3.42. The average molecular weight is 544 g/mol. The van der Waals surface area contributed by atoms with E-state index in [2.05, 4.69) is 33.0 Å². The first-order valence-electron chi connectivity index (χ1n) is 13.1. The number of sulfone groups is 1. The summed E-state index contributed by atoms with van der Waals surface area (Å²) in [5, 5.41) is 2.95. The van der Waals surface area contributed by atoms with Crippen LogP contribution in [0.5, 0.6) is 5.75 Å². The van der Waals surface area contributed by atoms with Gasteiger partial charge in [-0.1, -0.05) is 66.2 Å². The monoisotopic (exact) mass is 543 g/mol. The van der Waals surface area contributed by atoms with E-state index in [1.54, 1.807) is 12.1 Å². The second-order valence-electron chi connectivity index (χ2n) is 9.06. The smallest absolute Gasteiger partial charge is 0.261 e. The molecule has 7 heteroatoms. The molecule has 2 heterocycles. The van der Waals surface area contributed by atoms with Crippen molar-refractivity contribution >= 4 is 27.1 Å². The quantitative estimate of drug-likeness (QED) is 0.343. The number of ether oxygens (including phenoxy) is 1. The highest BCUT2D eigenvalue weighted by atomic mass is 32.2. The lowest BCUT2D eigenvalue weighted by molar-refractivity contribution is 0.0955. The average Bonchev–Trinajstić information content (AvgIpc) is 3.29. The molecule has 0 radical (unpaired) electrons. The number of carbonyl (C=O) groups is 1. The number of nitrogens with one attached hydrogen (secondary N) is 1. The zero-order valence-corrected chi connectivity index (χ0v) is 25.0. The summed E-state index contributed by atoms with van der Waals surface area (Å²) in [7, 11) is -3.42. The molecule has 0 saturated heterocycles. The number of fused-ring (bicyclic) bond motifs is 3. The molecular weight excluding hydrogens is 502 g/mol. The Labute approximate surface area is 227 Å². The number of amides is 1. The fourth-order valence-electron chi connectivity index (χ4n) is 3.85. The van der Waals surface area contributed by atoms with Gasteiger partial charge in [0.2, 0.25) is 0 Å². The molecular formula is C30H41NO4S2. The highest BCUT2D eigenvalue weighted by Crippen LogP contribution is 2.43. The van der Waals surface area contributed by atoms with Gasteiger partial charge in [0.15, 0.2) is 9.84 Å². The third-order valence-electron chi connectivity index (χ3n) is 5.63. The molecule has 0 atom stereocenters. The SMILES string of the molecule is CC.CCC.CCOc1cc(CNC(=O)c2cc3c(s2)-c2cc(C(C)C)ccc2S(=O)(=O)C3)ccc1C. The van der Waals surface area contributed by atoms with Crippen LogP contribution in [0.3, 0.4) is 0 Å². The van der Waals surface area contributed by atoms with E-state index < -0.39 is 9.84 Å². The summed E-state index contributed by atoms with van der Waals surface area (Å²) in [5.41, 5.74) is 4.48. The predicted molar refractivity (Wildman–Crippen MR) is 156 cm³/mol. The Morgan fingerprint density at radius 2 is 1.73 bits per heavy atom. The minimum absolute atomic E-state index is 0.0736. The van der Waals surface area contributed by atoms with Crippen molar-refractivity contribution < 1.29 is 17.9 Å². The van der Waals surface area contributed by atoms with E-state index in [1.807, 2.05) is 58.0 Å².